The molecule has 0 spiro atoms. The van der Waals surface area contributed by atoms with Gasteiger partial charge in [-0.05, 0) is 62.8 Å². The molecule has 0 radical (unpaired) electrons. The first-order chi connectivity index (χ1) is 13.2. The van der Waals surface area contributed by atoms with Crippen molar-refractivity contribution in [3.8, 4) is 0 Å². The van der Waals surface area contributed by atoms with E-state index in [1.165, 1.54) is 0 Å². The fourth-order valence-corrected chi connectivity index (χ4v) is 9.14. The van der Waals surface area contributed by atoms with Crippen LogP contribution in [0.5, 0.6) is 0 Å². The van der Waals surface area contributed by atoms with Gasteiger partial charge in [0.15, 0.2) is 0 Å². The highest BCUT2D eigenvalue weighted by Gasteiger charge is 2.66. The maximum absolute atomic E-state index is 12.8. The van der Waals surface area contributed by atoms with Crippen molar-refractivity contribution >= 4 is 17.0 Å². The van der Waals surface area contributed by atoms with E-state index in [-0.39, 0.29) is 16.1 Å². The predicted molar refractivity (Wildman–Crippen MR) is 113 cm³/mol. The van der Waals surface area contributed by atoms with Crippen molar-refractivity contribution < 1.29 is 14.5 Å². The molecule has 4 aliphatic rings. The van der Waals surface area contributed by atoms with E-state index in [9.17, 15) is 14.5 Å². The van der Waals surface area contributed by atoms with E-state index in [1.54, 1.807) is 0 Å². The van der Waals surface area contributed by atoms with Crippen molar-refractivity contribution in [2.45, 2.75) is 82.5 Å². The zero-order valence-electron chi connectivity index (χ0n) is 17.5. The smallest absolute Gasteiger partial charge is 0.139 e. The van der Waals surface area contributed by atoms with E-state index in [0.29, 0.717) is 55.1 Å². The Labute approximate surface area is 172 Å². The third kappa shape index (κ3) is 2.87. The van der Waals surface area contributed by atoms with Crippen molar-refractivity contribution in [3.05, 3.63) is 12.2 Å². The standard InChI is InChI=1S/C23H37NO3S/c1-15-13-23(26)14-16(28(27)12-4-11-24)7-10-22(23,3)18-8-9-21(2)17(20(15)18)5-6-19(21)25/h16-18,20,26H,1,4-14,24H2,2-3H3/t16-,17-,18-,20-,21-,22+,23+,28?/m0/s1. The summed E-state index contributed by atoms with van der Waals surface area (Å²) in [6, 6.07) is 0. The molecule has 0 aromatic carbocycles. The van der Waals surface area contributed by atoms with Crippen LogP contribution in [0.1, 0.15) is 71.6 Å². The second-order valence-corrected chi connectivity index (χ2v) is 12.4. The lowest BCUT2D eigenvalue weighted by atomic mass is 9.43. The molecule has 0 aliphatic heterocycles. The number of Topliss-reactive ketones (excluding diaryl/α,β-unsaturated/α-hetero) is 1. The molecular formula is C23H37NO3S. The molecule has 3 N–H and O–H groups in total. The molecule has 0 bridgehead atoms. The van der Waals surface area contributed by atoms with E-state index in [4.69, 9.17) is 5.73 Å². The average Bonchev–Trinajstić information content (AvgIpc) is 2.95. The average molecular weight is 408 g/mol. The van der Waals surface area contributed by atoms with Crippen LogP contribution in [0.3, 0.4) is 0 Å². The number of rotatable bonds is 4. The number of carbonyl (C=O) groups is 1. The number of ketones is 1. The number of nitrogens with two attached hydrogens (primary N) is 1. The molecule has 4 nitrogen and oxygen atoms in total. The summed E-state index contributed by atoms with van der Waals surface area (Å²) in [6.07, 6.45) is 7.49. The summed E-state index contributed by atoms with van der Waals surface area (Å²) in [6.45, 7) is 9.46. The largest absolute Gasteiger partial charge is 0.616 e. The van der Waals surface area contributed by atoms with Gasteiger partial charge >= 0.3 is 0 Å². The second-order valence-electron chi connectivity index (χ2n) is 10.5. The van der Waals surface area contributed by atoms with Gasteiger partial charge in [0.05, 0.1) is 5.60 Å². The number of aliphatic hydroxyl groups is 1. The molecule has 158 valence electrons. The molecule has 4 aliphatic carbocycles. The normalized spacial score (nSPS) is 49.3. The molecule has 0 aromatic rings. The third-order valence-electron chi connectivity index (χ3n) is 9.32. The summed E-state index contributed by atoms with van der Waals surface area (Å²) in [5.41, 5.74) is 5.57. The Bertz CT molecular complexity index is 668. The molecule has 0 amide bonds. The molecule has 5 heteroatoms. The highest BCUT2D eigenvalue weighted by Crippen LogP contribution is 2.67. The van der Waals surface area contributed by atoms with Crippen LogP contribution in [0, 0.1) is 28.6 Å². The van der Waals surface area contributed by atoms with Crippen LogP contribution in [0.4, 0.5) is 0 Å². The summed E-state index contributed by atoms with van der Waals surface area (Å²) in [5.74, 6) is 2.22. The minimum absolute atomic E-state index is 0.0656. The quantitative estimate of drug-likeness (QED) is 0.553. The van der Waals surface area contributed by atoms with Crippen LogP contribution in [0.25, 0.3) is 0 Å². The Morgan fingerprint density at radius 2 is 2.00 bits per heavy atom. The van der Waals surface area contributed by atoms with E-state index in [2.05, 4.69) is 20.4 Å². The number of carbonyl (C=O) groups excluding carboxylic acids is 1. The molecule has 4 rings (SSSR count). The minimum atomic E-state index is -0.917. The summed E-state index contributed by atoms with van der Waals surface area (Å²) >= 11 is -0.917. The molecule has 4 saturated carbocycles. The lowest BCUT2D eigenvalue weighted by Gasteiger charge is -2.64. The predicted octanol–water partition coefficient (Wildman–Crippen LogP) is 3.35. The topological polar surface area (TPSA) is 86.4 Å². The molecule has 0 heterocycles. The van der Waals surface area contributed by atoms with Gasteiger partial charge in [-0.25, -0.2) is 0 Å². The van der Waals surface area contributed by atoms with Crippen molar-refractivity contribution in [3.63, 3.8) is 0 Å². The highest BCUT2D eigenvalue weighted by molar-refractivity contribution is 7.92. The van der Waals surface area contributed by atoms with E-state index >= 15 is 0 Å². The molecule has 0 saturated heterocycles. The van der Waals surface area contributed by atoms with Crippen molar-refractivity contribution in [1.82, 2.24) is 0 Å². The van der Waals surface area contributed by atoms with Gasteiger partial charge in [-0.3, -0.25) is 4.79 Å². The maximum atomic E-state index is 12.8. The van der Waals surface area contributed by atoms with Crippen molar-refractivity contribution in [2.24, 2.45) is 34.3 Å². The van der Waals surface area contributed by atoms with Gasteiger partial charge in [-0.2, -0.15) is 0 Å². The summed E-state index contributed by atoms with van der Waals surface area (Å²) in [4.78, 5) is 12.6. The van der Waals surface area contributed by atoms with Crippen LogP contribution in [-0.4, -0.2) is 38.6 Å². The molecule has 1 unspecified atom stereocenters. The Kier molecular flexibility index (Phi) is 5.30. The highest BCUT2D eigenvalue weighted by atomic mass is 32.2. The Morgan fingerprint density at radius 3 is 2.71 bits per heavy atom. The van der Waals surface area contributed by atoms with Gasteiger partial charge in [-0.15, -0.1) is 0 Å². The Balaban J connectivity index is 1.60. The Hall–Kier alpha value is -0.360. The number of hydrogen-bond acceptors (Lipinski definition) is 4. The molecule has 28 heavy (non-hydrogen) atoms. The number of fused-ring (bicyclic) bond motifs is 5. The monoisotopic (exact) mass is 407 g/mol. The fraction of sp³-hybridized carbons (Fsp3) is 0.870. The van der Waals surface area contributed by atoms with Gasteiger partial charge in [0.2, 0.25) is 0 Å². The zero-order chi connectivity index (χ0) is 20.3. The van der Waals surface area contributed by atoms with Gasteiger partial charge in [0, 0.05) is 30.1 Å². The van der Waals surface area contributed by atoms with Gasteiger partial charge in [-0.1, -0.05) is 37.2 Å². The van der Waals surface area contributed by atoms with Crippen LogP contribution in [0.2, 0.25) is 0 Å². The van der Waals surface area contributed by atoms with Gasteiger partial charge in [0.25, 0.3) is 0 Å². The van der Waals surface area contributed by atoms with Gasteiger partial charge < -0.3 is 15.4 Å². The first-order valence-corrected chi connectivity index (χ1v) is 12.5. The van der Waals surface area contributed by atoms with Crippen LogP contribution < -0.4 is 5.73 Å². The van der Waals surface area contributed by atoms with Crippen molar-refractivity contribution in [2.75, 3.05) is 12.3 Å². The van der Waals surface area contributed by atoms with E-state index in [1.807, 2.05) is 0 Å². The van der Waals surface area contributed by atoms with Gasteiger partial charge in [0.1, 0.15) is 16.8 Å². The molecular weight excluding hydrogens is 370 g/mol. The molecule has 8 atom stereocenters. The molecule has 0 aromatic heterocycles. The third-order valence-corrected chi connectivity index (χ3v) is 11.2. The van der Waals surface area contributed by atoms with Crippen LogP contribution in [-0.2, 0) is 16.0 Å². The summed E-state index contributed by atoms with van der Waals surface area (Å²) < 4.78 is 12.8. The zero-order valence-corrected chi connectivity index (χ0v) is 18.4. The van der Waals surface area contributed by atoms with Crippen molar-refractivity contribution in [1.29, 1.82) is 0 Å². The number of hydrogen-bond donors (Lipinski definition) is 2. The lowest BCUT2D eigenvalue weighted by Crippen LogP contribution is -2.64. The molecule has 4 fully saturated rings. The van der Waals surface area contributed by atoms with E-state index in [0.717, 1.165) is 44.1 Å². The van der Waals surface area contributed by atoms with E-state index < -0.39 is 16.8 Å². The minimum Gasteiger partial charge on any atom is -0.616 e. The Morgan fingerprint density at radius 1 is 1.25 bits per heavy atom. The summed E-state index contributed by atoms with van der Waals surface area (Å²) in [5, 5.41) is 11.9. The first-order valence-electron chi connectivity index (χ1n) is 11.2. The van der Waals surface area contributed by atoms with Crippen LogP contribution >= 0.6 is 0 Å². The first kappa shape index (κ1) is 20.9. The fourth-order valence-electron chi connectivity index (χ4n) is 7.52. The summed E-state index contributed by atoms with van der Waals surface area (Å²) in [7, 11) is 0. The SMILES string of the molecule is C=C1C[C@@]2(O)C[C@@H]([S+]([O-])CCCN)CC[C@]2(C)[C@H]2CC[C@]3(C)C(=O)CC[C@H]3[C@H]12. The lowest BCUT2D eigenvalue weighted by molar-refractivity contribution is -0.183. The maximum Gasteiger partial charge on any atom is 0.139 e. The second kappa shape index (κ2) is 7.11. The van der Waals surface area contributed by atoms with Crippen LogP contribution in [0.15, 0.2) is 12.2 Å².